The van der Waals surface area contributed by atoms with E-state index in [4.69, 9.17) is 0 Å². The number of carbonyl (C=O) groups excluding carboxylic acids is 2. The second-order valence-corrected chi connectivity index (χ2v) is 6.45. The van der Waals surface area contributed by atoms with Crippen LogP contribution in [0.5, 0.6) is 0 Å². The maximum Gasteiger partial charge on any atom is 0.251 e. The molecule has 1 saturated carbocycles. The SMILES string of the molecule is Cc1ccc(C(=O)NC(C)c2ccc(NC(=O)C3CC3)cc2)cc1. The van der Waals surface area contributed by atoms with Gasteiger partial charge in [0, 0.05) is 17.2 Å². The molecule has 2 aromatic rings. The lowest BCUT2D eigenvalue weighted by Gasteiger charge is -2.15. The van der Waals surface area contributed by atoms with Crippen LogP contribution in [-0.4, -0.2) is 11.8 Å². The topological polar surface area (TPSA) is 58.2 Å². The van der Waals surface area contributed by atoms with E-state index in [-0.39, 0.29) is 23.8 Å². The van der Waals surface area contributed by atoms with Crippen LogP contribution in [0.4, 0.5) is 5.69 Å². The van der Waals surface area contributed by atoms with E-state index >= 15 is 0 Å². The van der Waals surface area contributed by atoms with Crippen LogP contribution < -0.4 is 10.6 Å². The Morgan fingerprint density at radius 2 is 1.62 bits per heavy atom. The number of amides is 2. The minimum atomic E-state index is -0.105. The van der Waals surface area contributed by atoms with Crippen LogP contribution in [0.15, 0.2) is 48.5 Å². The van der Waals surface area contributed by atoms with Crippen molar-refractivity contribution in [3.63, 3.8) is 0 Å². The molecule has 1 fully saturated rings. The van der Waals surface area contributed by atoms with E-state index in [1.807, 2.05) is 62.4 Å². The predicted octanol–water partition coefficient (Wildman–Crippen LogP) is 3.83. The lowest BCUT2D eigenvalue weighted by Crippen LogP contribution is -2.26. The number of nitrogens with one attached hydrogen (secondary N) is 2. The molecule has 2 N–H and O–H groups in total. The van der Waals surface area contributed by atoms with Crippen molar-refractivity contribution in [3.8, 4) is 0 Å². The third-order valence-electron chi connectivity index (χ3n) is 4.29. The van der Waals surface area contributed by atoms with E-state index in [0.29, 0.717) is 5.56 Å². The second-order valence-electron chi connectivity index (χ2n) is 6.45. The molecular weight excluding hydrogens is 300 g/mol. The lowest BCUT2D eigenvalue weighted by atomic mass is 10.1. The van der Waals surface area contributed by atoms with Gasteiger partial charge in [0.2, 0.25) is 5.91 Å². The van der Waals surface area contributed by atoms with Crippen molar-refractivity contribution in [2.45, 2.75) is 32.7 Å². The van der Waals surface area contributed by atoms with Gasteiger partial charge < -0.3 is 10.6 Å². The van der Waals surface area contributed by atoms with Crippen LogP contribution in [0.25, 0.3) is 0 Å². The molecule has 4 heteroatoms. The Hall–Kier alpha value is -2.62. The van der Waals surface area contributed by atoms with Gasteiger partial charge in [0.1, 0.15) is 0 Å². The standard InChI is InChI=1S/C20H22N2O2/c1-13-3-5-16(6-4-13)19(23)21-14(2)15-9-11-18(12-10-15)22-20(24)17-7-8-17/h3-6,9-12,14,17H,7-8H2,1-2H3,(H,21,23)(H,22,24). The van der Waals surface area contributed by atoms with Gasteiger partial charge in [-0.15, -0.1) is 0 Å². The zero-order valence-corrected chi connectivity index (χ0v) is 14.0. The van der Waals surface area contributed by atoms with Gasteiger partial charge in [0.05, 0.1) is 6.04 Å². The smallest absolute Gasteiger partial charge is 0.251 e. The molecule has 24 heavy (non-hydrogen) atoms. The molecule has 1 aliphatic carbocycles. The Labute approximate surface area is 142 Å². The van der Waals surface area contributed by atoms with Crippen LogP contribution in [0.1, 0.15) is 47.3 Å². The highest BCUT2D eigenvalue weighted by molar-refractivity contribution is 5.95. The number of carbonyl (C=O) groups is 2. The van der Waals surface area contributed by atoms with Crippen LogP contribution in [0.3, 0.4) is 0 Å². The van der Waals surface area contributed by atoms with Crippen molar-refractivity contribution in [3.05, 3.63) is 65.2 Å². The summed E-state index contributed by atoms with van der Waals surface area (Å²) in [6, 6.07) is 15.0. The van der Waals surface area contributed by atoms with Gasteiger partial charge in [0.25, 0.3) is 5.91 Å². The van der Waals surface area contributed by atoms with Crippen LogP contribution in [0.2, 0.25) is 0 Å². The van der Waals surface area contributed by atoms with Gasteiger partial charge >= 0.3 is 0 Å². The van der Waals surface area contributed by atoms with E-state index in [0.717, 1.165) is 29.7 Å². The molecule has 2 aromatic carbocycles. The van der Waals surface area contributed by atoms with E-state index in [9.17, 15) is 9.59 Å². The largest absolute Gasteiger partial charge is 0.346 e. The molecule has 0 aliphatic heterocycles. The molecule has 3 rings (SSSR count). The van der Waals surface area contributed by atoms with Crippen LogP contribution in [0, 0.1) is 12.8 Å². The minimum absolute atomic E-state index is 0.0892. The Morgan fingerprint density at radius 1 is 1.00 bits per heavy atom. The Morgan fingerprint density at radius 3 is 2.21 bits per heavy atom. The van der Waals surface area contributed by atoms with E-state index in [1.54, 1.807) is 0 Å². The molecule has 1 atom stereocenters. The van der Waals surface area contributed by atoms with E-state index < -0.39 is 0 Å². The summed E-state index contributed by atoms with van der Waals surface area (Å²) in [6.45, 7) is 3.94. The van der Waals surface area contributed by atoms with Gasteiger partial charge in [0.15, 0.2) is 0 Å². The fraction of sp³-hybridized carbons (Fsp3) is 0.300. The van der Waals surface area contributed by atoms with Gasteiger partial charge in [-0.3, -0.25) is 9.59 Å². The minimum Gasteiger partial charge on any atom is -0.346 e. The molecule has 0 aromatic heterocycles. The van der Waals surface area contributed by atoms with Crippen molar-refractivity contribution in [2.24, 2.45) is 5.92 Å². The Kier molecular flexibility index (Phi) is 4.65. The van der Waals surface area contributed by atoms with Gasteiger partial charge in [-0.25, -0.2) is 0 Å². The first-order valence-corrected chi connectivity index (χ1v) is 8.31. The zero-order valence-electron chi connectivity index (χ0n) is 14.0. The van der Waals surface area contributed by atoms with Crippen molar-refractivity contribution >= 4 is 17.5 Å². The first-order valence-electron chi connectivity index (χ1n) is 8.31. The zero-order chi connectivity index (χ0) is 17.1. The summed E-state index contributed by atoms with van der Waals surface area (Å²) in [5.41, 5.74) is 3.58. The second kappa shape index (κ2) is 6.87. The quantitative estimate of drug-likeness (QED) is 0.879. The van der Waals surface area contributed by atoms with E-state index in [2.05, 4.69) is 10.6 Å². The monoisotopic (exact) mass is 322 g/mol. The molecule has 0 bridgehead atoms. The lowest BCUT2D eigenvalue weighted by molar-refractivity contribution is -0.117. The van der Waals surface area contributed by atoms with E-state index in [1.165, 1.54) is 0 Å². The molecular formula is C20H22N2O2. The van der Waals surface area contributed by atoms with Crippen LogP contribution >= 0.6 is 0 Å². The van der Waals surface area contributed by atoms with Gasteiger partial charge in [-0.1, -0.05) is 29.8 Å². The Balaban J connectivity index is 1.59. The molecule has 124 valence electrons. The summed E-state index contributed by atoms with van der Waals surface area (Å²) in [6.07, 6.45) is 1.98. The first-order chi connectivity index (χ1) is 11.5. The summed E-state index contributed by atoms with van der Waals surface area (Å²) in [5.74, 6) is 0.203. The normalized spacial score (nSPS) is 14.8. The summed E-state index contributed by atoms with van der Waals surface area (Å²) >= 11 is 0. The molecule has 0 spiro atoms. The number of hydrogen-bond acceptors (Lipinski definition) is 2. The number of hydrogen-bond donors (Lipinski definition) is 2. The summed E-state index contributed by atoms with van der Waals surface area (Å²) < 4.78 is 0. The third kappa shape index (κ3) is 4.02. The number of rotatable bonds is 5. The first kappa shape index (κ1) is 16.2. The van der Waals surface area contributed by atoms with Crippen molar-refractivity contribution in [1.29, 1.82) is 0 Å². The predicted molar refractivity (Wildman–Crippen MR) is 94.9 cm³/mol. The number of anilines is 1. The average molecular weight is 322 g/mol. The molecule has 0 heterocycles. The number of aryl methyl sites for hydroxylation is 1. The van der Waals surface area contributed by atoms with Crippen molar-refractivity contribution in [1.82, 2.24) is 5.32 Å². The highest BCUT2D eigenvalue weighted by Gasteiger charge is 2.29. The third-order valence-corrected chi connectivity index (χ3v) is 4.29. The fourth-order valence-electron chi connectivity index (χ4n) is 2.51. The number of benzene rings is 2. The summed E-state index contributed by atoms with van der Waals surface area (Å²) in [4.78, 5) is 24.0. The van der Waals surface area contributed by atoms with Crippen molar-refractivity contribution < 1.29 is 9.59 Å². The summed E-state index contributed by atoms with van der Waals surface area (Å²) in [5, 5.41) is 5.91. The highest BCUT2D eigenvalue weighted by atomic mass is 16.2. The van der Waals surface area contributed by atoms with Gasteiger partial charge in [-0.05, 0) is 56.5 Å². The molecule has 2 amide bonds. The molecule has 0 radical (unpaired) electrons. The summed E-state index contributed by atoms with van der Waals surface area (Å²) in [7, 11) is 0. The maximum atomic E-state index is 12.3. The molecule has 1 unspecified atom stereocenters. The van der Waals surface area contributed by atoms with Gasteiger partial charge in [-0.2, -0.15) is 0 Å². The average Bonchev–Trinajstić information content (AvgIpc) is 3.41. The highest BCUT2D eigenvalue weighted by Crippen LogP contribution is 2.30. The van der Waals surface area contributed by atoms with Crippen LogP contribution in [-0.2, 0) is 4.79 Å². The fourth-order valence-corrected chi connectivity index (χ4v) is 2.51. The molecule has 0 saturated heterocycles. The Bertz CT molecular complexity index is 731. The van der Waals surface area contributed by atoms with Crippen molar-refractivity contribution in [2.75, 3.05) is 5.32 Å². The molecule has 1 aliphatic rings. The maximum absolute atomic E-state index is 12.3. The molecule has 4 nitrogen and oxygen atoms in total.